The molecule has 0 aliphatic carbocycles. The van der Waals surface area contributed by atoms with Gasteiger partial charge in [-0.25, -0.2) is 25.3 Å². The van der Waals surface area contributed by atoms with Gasteiger partial charge in [0.15, 0.2) is 17.8 Å². The van der Waals surface area contributed by atoms with Crippen LogP contribution in [0.4, 0.5) is 39.5 Å². The van der Waals surface area contributed by atoms with Crippen molar-refractivity contribution in [3.05, 3.63) is 0 Å². The minimum atomic E-state index is -5.33. The van der Waals surface area contributed by atoms with E-state index in [1.807, 2.05) is 0 Å². The summed E-state index contributed by atoms with van der Waals surface area (Å²) in [4.78, 5) is 0. The molecule has 182 valence electrons. The molecule has 0 aliphatic heterocycles. The molecule has 0 saturated carbocycles. The number of sulfone groups is 3. The average molecular weight is 665 g/mol. The number of halogens is 9. The second kappa shape index (κ2) is 12.5. The van der Waals surface area contributed by atoms with Crippen LogP contribution in [0.1, 0.15) is 0 Å². The zero-order chi connectivity index (χ0) is 23.1. The molecule has 0 rings (SSSR count). The number of alkyl halides is 9. The minimum Gasteiger partial charge on any atom is -0.380 e. The normalized spacial score (nSPS) is 13.3. The molecular formula is C6H9F9O9S3Yb. The zero-order valence-electron chi connectivity index (χ0n) is 12.3. The number of aliphatic hydroxyl groups is 3. The maximum absolute atomic E-state index is 11.1. The Morgan fingerprint density at radius 1 is 0.464 bits per heavy atom. The fourth-order valence-electron chi connectivity index (χ4n) is 0.220. The molecule has 0 amide bonds. The first-order chi connectivity index (χ1) is 11.4. The van der Waals surface area contributed by atoms with Crippen molar-refractivity contribution in [1.82, 2.24) is 0 Å². The summed E-state index contributed by atoms with van der Waals surface area (Å²) in [5, 5.41) is 22.9. The monoisotopic (exact) mass is 666 g/mol. The number of aliphatic hydroxyl groups excluding tert-OH is 3. The number of rotatable bonds is 3. The van der Waals surface area contributed by atoms with Gasteiger partial charge < -0.3 is 15.3 Å². The van der Waals surface area contributed by atoms with Crippen LogP contribution in [-0.2, 0) is 29.5 Å². The quantitative estimate of drug-likeness (QED) is 0.341. The molecule has 0 aromatic heterocycles. The van der Waals surface area contributed by atoms with Gasteiger partial charge in [0.25, 0.3) is 29.5 Å². The predicted molar refractivity (Wildman–Crippen MR) is 66.2 cm³/mol. The van der Waals surface area contributed by atoms with Crippen molar-refractivity contribution < 1.29 is 127 Å². The Morgan fingerprint density at radius 3 is 0.571 bits per heavy atom. The van der Waals surface area contributed by atoms with Crippen LogP contribution in [0.15, 0.2) is 0 Å². The van der Waals surface area contributed by atoms with Crippen LogP contribution in [0.3, 0.4) is 0 Å². The van der Waals surface area contributed by atoms with Gasteiger partial charge in [-0.3, -0.25) is 0 Å². The van der Waals surface area contributed by atoms with Gasteiger partial charge in [0.2, 0.25) is 0 Å². The van der Waals surface area contributed by atoms with Gasteiger partial charge in [0.1, 0.15) is 0 Å². The summed E-state index contributed by atoms with van der Waals surface area (Å²) in [5.41, 5.74) is -16.0. The van der Waals surface area contributed by atoms with Gasteiger partial charge in [-0.1, -0.05) is 0 Å². The Bertz CT molecular complexity index is 644. The average Bonchev–Trinajstić information content (AvgIpc) is 2.45. The fourth-order valence-corrected chi connectivity index (χ4v) is 0.659. The van der Waals surface area contributed by atoms with Crippen molar-refractivity contribution in [2.24, 2.45) is 0 Å². The molecule has 0 atom stereocenters. The van der Waals surface area contributed by atoms with Gasteiger partial charge in [0, 0.05) is 46.9 Å². The van der Waals surface area contributed by atoms with Crippen LogP contribution in [0.2, 0.25) is 0 Å². The third kappa shape index (κ3) is 13.0. The first-order valence-electron chi connectivity index (χ1n) is 5.13. The third-order valence-electron chi connectivity index (χ3n) is 1.57. The number of hydrogen-bond acceptors (Lipinski definition) is 9. The van der Waals surface area contributed by atoms with E-state index < -0.39 is 63.9 Å². The van der Waals surface area contributed by atoms with Crippen molar-refractivity contribution in [3.8, 4) is 0 Å². The Hall–Kier alpha value is 0.619. The van der Waals surface area contributed by atoms with Crippen LogP contribution >= 0.6 is 0 Å². The van der Waals surface area contributed by atoms with Gasteiger partial charge in [-0.05, 0) is 0 Å². The summed E-state index contributed by atoms with van der Waals surface area (Å²) in [6, 6.07) is 0. The molecule has 3 N–H and O–H groups in total. The van der Waals surface area contributed by atoms with Crippen molar-refractivity contribution in [2.45, 2.75) is 16.5 Å². The van der Waals surface area contributed by atoms with E-state index in [0.717, 1.165) is 0 Å². The number of hydrogen-bond donors (Lipinski definition) is 3. The molecule has 0 aromatic rings. The largest absolute Gasteiger partial charge is 0.499 e. The van der Waals surface area contributed by atoms with E-state index in [9.17, 15) is 64.8 Å². The summed E-state index contributed by atoms with van der Waals surface area (Å²) < 4.78 is 158. The fraction of sp³-hybridized carbons (Fsp3) is 1.00. The molecular weight excluding hydrogens is 656 g/mol. The molecule has 0 spiro atoms. The van der Waals surface area contributed by atoms with Crippen LogP contribution in [0, 0.1) is 46.9 Å². The minimum absolute atomic E-state index is 0. The molecule has 0 heterocycles. The first-order valence-corrected chi connectivity index (χ1v) is 10.1. The summed E-state index contributed by atoms with van der Waals surface area (Å²) >= 11 is 0. The first kappa shape index (κ1) is 36.0. The van der Waals surface area contributed by atoms with E-state index in [1.54, 1.807) is 0 Å². The Labute approximate surface area is 189 Å². The summed E-state index contributed by atoms with van der Waals surface area (Å²) in [5.74, 6) is -5.68. The van der Waals surface area contributed by atoms with Crippen LogP contribution in [0.25, 0.3) is 0 Å². The maximum Gasteiger partial charge on any atom is 0.499 e. The molecule has 22 heteroatoms. The molecule has 0 aromatic carbocycles. The van der Waals surface area contributed by atoms with Gasteiger partial charge >= 0.3 is 16.5 Å². The van der Waals surface area contributed by atoms with E-state index in [-0.39, 0.29) is 46.9 Å². The van der Waals surface area contributed by atoms with Crippen molar-refractivity contribution in [1.29, 1.82) is 0 Å². The van der Waals surface area contributed by atoms with E-state index in [4.69, 9.17) is 15.3 Å². The zero-order valence-corrected chi connectivity index (χ0v) is 16.5. The molecule has 28 heavy (non-hydrogen) atoms. The van der Waals surface area contributed by atoms with Gasteiger partial charge in [0.05, 0.1) is 0 Å². The van der Waals surface area contributed by atoms with Crippen LogP contribution in [0.5, 0.6) is 0 Å². The van der Waals surface area contributed by atoms with E-state index in [2.05, 4.69) is 0 Å². The molecule has 0 radical (unpaired) electrons. The van der Waals surface area contributed by atoms with Crippen molar-refractivity contribution >= 4 is 29.5 Å². The molecule has 0 saturated heterocycles. The summed E-state index contributed by atoms with van der Waals surface area (Å²) in [7, 11) is -15.8. The Kier molecular flexibility index (Phi) is 16.0. The third-order valence-corrected chi connectivity index (χ3v) is 4.70. The van der Waals surface area contributed by atoms with E-state index >= 15 is 0 Å². The van der Waals surface area contributed by atoms with Crippen molar-refractivity contribution in [3.63, 3.8) is 0 Å². The second-order valence-corrected chi connectivity index (χ2v) is 9.42. The predicted octanol–water partition coefficient (Wildman–Crippen LogP) is -0.388. The SMILES string of the molecule is O=S(=O)(CO)C(F)(F)F.O=S(=O)(CO)C(F)(F)F.O=S(=O)(CO)C(F)(F)F.[Yb]. The van der Waals surface area contributed by atoms with E-state index in [1.165, 1.54) is 0 Å². The van der Waals surface area contributed by atoms with E-state index in [0.29, 0.717) is 0 Å². The molecule has 0 bridgehead atoms. The second-order valence-electron chi connectivity index (χ2n) is 3.57. The van der Waals surface area contributed by atoms with Crippen molar-refractivity contribution in [2.75, 3.05) is 17.8 Å². The van der Waals surface area contributed by atoms with Gasteiger partial charge in [-0.2, -0.15) is 39.5 Å². The van der Waals surface area contributed by atoms with Crippen LogP contribution in [-0.4, -0.2) is 74.9 Å². The van der Waals surface area contributed by atoms with Crippen LogP contribution < -0.4 is 0 Å². The standard InChI is InChI=1S/3C2H3F3O3S.Yb/c3*3-2(4,5)9(7,8)1-6;/h3*6H,1H2;. The molecule has 0 fully saturated rings. The molecule has 0 aliphatic rings. The molecule has 9 nitrogen and oxygen atoms in total. The molecule has 0 unspecified atom stereocenters. The van der Waals surface area contributed by atoms with Gasteiger partial charge in [-0.15, -0.1) is 0 Å². The topological polar surface area (TPSA) is 163 Å². The Morgan fingerprint density at radius 2 is 0.571 bits per heavy atom. The Balaban J connectivity index is -0.000000152. The smallest absolute Gasteiger partial charge is 0.380 e. The maximum atomic E-state index is 11.1. The summed E-state index contributed by atoms with van der Waals surface area (Å²) in [6.07, 6.45) is 0. The summed E-state index contributed by atoms with van der Waals surface area (Å²) in [6.45, 7) is 0.